The number of halogens is 2. The number of rotatable bonds is 6. The van der Waals surface area contributed by atoms with Crippen LogP contribution in [-0.4, -0.2) is 54.4 Å². The molecule has 1 N–H and O–H groups in total. The summed E-state index contributed by atoms with van der Waals surface area (Å²) >= 11 is 4.68. The van der Waals surface area contributed by atoms with Crippen molar-refractivity contribution in [1.82, 2.24) is 4.90 Å². The highest BCUT2D eigenvalue weighted by Gasteiger charge is 2.21. The molecule has 3 rings (SSSR count). The fourth-order valence-corrected chi connectivity index (χ4v) is 4.07. The predicted molar refractivity (Wildman–Crippen MR) is 115 cm³/mol. The summed E-state index contributed by atoms with van der Waals surface area (Å²) in [6, 6.07) is 13.8. The summed E-state index contributed by atoms with van der Waals surface area (Å²) < 4.78 is 13.9. The Balaban J connectivity index is 1.37. The first-order chi connectivity index (χ1) is 13.5. The van der Waals surface area contributed by atoms with Gasteiger partial charge in [-0.3, -0.25) is 9.59 Å². The molecule has 8 heteroatoms. The first kappa shape index (κ1) is 20.7. The SMILES string of the molecule is O=C(CSCC(=O)N1CCN(c2ccc(F)cc2)CC1)Nc1cccc(Br)c1. The average Bonchev–Trinajstić information content (AvgIpc) is 2.68. The Bertz CT molecular complexity index is 826. The Hall–Kier alpha value is -2.06. The van der Waals surface area contributed by atoms with Gasteiger partial charge >= 0.3 is 0 Å². The van der Waals surface area contributed by atoms with Crippen LogP contribution >= 0.6 is 27.7 Å². The molecule has 1 fully saturated rings. The molecule has 0 unspecified atom stereocenters. The number of carbonyl (C=O) groups is 2. The van der Waals surface area contributed by atoms with E-state index in [-0.39, 0.29) is 29.1 Å². The van der Waals surface area contributed by atoms with Crippen molar-refractivity contribution in [3.63, 3.8) is 0 Å². The maximum absolute atomic E-state index is 13.0. The van der Waals surface area contributed by atoms with Gasteiger partial charge in [0.05, 0.1) is 11.5 Å². The van der Waals surface area contributed by atoms with E-state index in [0.717, 1.165) is 15.8 Å². The highest BCUT2D eigenvalue weighted by molar-refractivity contribution is 9.10. The van der Waals surface area contributed by atoms with E-state index >= 15 is 0 Å². The summed E-state index contributed by atoms with van der Waals surface area (Å²) in [5.74, 6) is 0.172. The lowest BCUT2D eigenvalue weighted by molar-refractivity contribution is -0.128. The molecule has 0 spiro atoms. The van der Waals surface area contributed by atoms with Gasteiger partial charge in [-0.1, -0.05) is 22.0 Å². The molecule has 0 bridgehead atoms. The summed E-state index contributed by atoms with van der Waals surface area (Å²) in [4.78, 5) is 28.3. The van der Waals surface area contributed by atoms with Crippen molar-refractivity contribution in [2.75, 3.05) is 47.9 Å². The summed E-state index contributed by atoms with van der Waals surface area (Å²) in [7, 11) is 0. The number of carbonyl (C=O) groups excluding carboxylic acids is 2. The zero-order chi connectivity index (χ0) is 19.9. The summed E-state index contributed by atoms with van der Waals surface area (Å²) in [5, 5.41) is 2.82. The minimum absolute atomic E-state index is 0.0408. The van der Waals surface area contributed by atoms with Crippen molar-refractivity contribution in [2.45, 2.75) is 0 Å². The third-order valence-electron chi connectivity index (χ3n) is 4.39. The second kappa shape index (κ2) is 9.93. The van der Waals surface area contributed by atoms with Gasteiger partial charge in [0.2, 0.25) is 11.8 Å². The van der Waals surface area contributed by atoms with Crippen LogP contribution in [0.4, 0.5) is 15.8 Å². The van der Waals surface area contributed by atoms with Gasteiger partial charge in [0.15, 0.2) is 0 Å². The third kappa shape index (κ3) is 5.97. The molecule has 2 aromatic rings. The van der Waals surface area contributed by atoms with Crippen molar-refractivity contribution >= 4 is 50.9 Å². The third-order valence-corrected chi connectivity index (χ3v) is 5.80. The van der Waals surface area contributed by atoms with Crippen molar-refractivity contribution < 1.29 is 14.0 Å². The Morgan fingerprint density at radius 1 is 1.04 bits per heavy atom. The minimum atomic E-state index is -0.251. The van der Waals surface area contributed by atoms with Gasteiger partial charge in [-0.05, 0) is 42.5 Å². The minimum Gasteiger partial charge on any atom is -0.368 e. The quantitative estimate of drug-likeness (QED) is 0.707. The molecule has 0 aromatic heterocycles. The van der Waals surface area contributed by atoms with Crippen LogP contribution in [0.15, 0.2) is 53.0 Å². The molecule has 0 radical (unpaired) electrons. The van der Waals surface area contributed by atoms with E-state index in [0.29, 0.717) is 26.2 Å². The second-order valence-corrected chi connectivity index (χ2v) is 8.30. The first-order valence-corrected chi connectivity index (χ1v) is 10.9. The molecule has 0 atom stereocenters. The van der Waals surface area contributed by atoms with E-state index in [2.05, 4.69) is 26.1 Å². The number of benzene rings is 2. The predicted octanol–water partition coefficient (Wildman–Crippen LogP) is 3.61. The number of nitrogens with zero attached hydrogens (tertiary/aromatic N) is 2. The molecule has 1 saturated heterocycles. The summed E-state index contributed by atoms with van der Waals surface area (Å²) in [6.45, 7) is 2.68. The number of piperazine rings is 1. The van der Waals surface area contributed by atoms with Crippen LogP contribution in [0.25, 0.3) is 0 Å². The van der Waals surface area contributed by atoms with Gasteiger partial charge in [-0.2, -0.15) is 0 Å². The Kier molecular flexibility index (Phi) is 7.33. The molecular weight excluding hydrogens is 445 g/mol. The Morgan fingerprint density at radius 3 is 2.43 bits per heavy atom. The van der Waals surface area contributed by atoms with Gasteiger partial charge in [-0.25, -0.2) is 4.39 Å². The van der Waals surface area contributed by atoms with Gasteiger partial charge in [-0.15, -0.1) is 11.8 Å². The topological polar surface area (TPSA) is 52.7 Å². The average molecular weight is 466 g/mol. The number of hydrogen-bond donors (Lipinski definition) is 1. The smallest absolute Gasteiger partial charge is 0.234 e. The molecule has 1 heterocycles. The number of nitrogens with one attached hydrogen (secondary N) is 1. The maximum Gasteiger partial charge on any atom is 0.234 e. The fraction of sp³-hybridized carbons (Fsp3) is 0.300. The van der Waals surface area contributed by atoms with Crippen LogP contribution in [0.2, 0.25) is 0 Å². The van der Waals surface area contributed by atoms with E-state index in [1.807, 2.05) is 29.2 Å². The van der Waals surface area contributed by atoms with Crippen LogP contribution in [0.3, 0.4) is 0 Å². The van der Waals surface area contributed by atoms with E-state index in [1.54, 1.807) is 12.1 Å². The molecule has 1 aliphatic heterocycles. The highest BCUT2D eigenvalue weighted by Crippen LogP contribution is 2.18. The van der Waals surface area contributed by atoms with Gasteiger partial charge in [0.25, 0.3) is 0 Å². The second-order valence-electron chi connectivity index (χ2n) is 6.40. The van der Waals surface area contributed by atoms with E-state index in [4.69, 9.17) is 0 Å². The van der Waals surface area contributed by atoms with Crippen LogP contribution in [-0.2, 0) is 9.59 Å². The number of amides is 2. The number of hydrogen-bond acceptors (Lipinski definition) is 4. The standard InChI is InChI=1S/C20H21BrFN3O2S/c21-15-2-1-3-17(12-15)23-19(26)13-28-14-20(27)25-10-8-24(9-11-25)18-6-4-16(22)5-7-18/h1-7,12H,8-11,13-14H2,(H,23,26). The lowest BCUT2D eigenvalue weighted by atomic mass is 10.2. The molecule has 28 heavy (non-hydrogen) atoms. The number of anilines is 2. The monoisotopic (exact) mass is 465 g/mol. The lowest BCUT2D eigenvalue weighted by Crippen LogP contribution is -2.49. The lowest BCUT2D eigenvalue weighted by Gasteiger charge is -2.36. The Labute approximate surface area is 176 Å². The normalized spacial score (nSPS) is 14.1. The number of thioether (sulfide) groups is 1. The van der Waals surface area contributed by atoms with Crippen LogP contribution in [0, 0.1) is 5.82 Å². The van der Waals surface area contributed by atoms with E-state index in [9.17, 15) is 14.0 Å². The van der Waals surface area contributed by atoms with Crippen molar-refractivity contribution in [3.8, 4) is 0 Å². The van der Waals surface area contributed by atoms with Gasteiger partial charge in [0.1, 0.15) is 5.82 Å². The maximum atomic E-state index is 13.0. The summed E-state index contributed by atoms with van der Waals surface area (Å²) in [6.07, 6.45) is 0. The molecule has 0 saturated carbocycles. The molecule has 2 aromatic carbocycles. The molecular formula is C20H21BrFN3O2S. The van der Waals surface area contributed by atoms with Crippen LogP contribution < -0.4 is 10.2 Å². The fourth-order valence-electron chi connectivity index (χ4n) is 2.95. The molecule has 1 aliphatic rings. The van der Waals surface area contributed by atoms with Gasteiger partial charge in [0, 0.05) is 42.0 Å². The highest BCUT2D eigenvalue weighted by atomic mass is 79.9. The first-order valence-electron chi connectivity index (χ1n) is 8.93. The molecule has 5 nitrogen and oxygen atoms in total. The Morgan fingerprint density at radius 2 is 1.75 bits per heavy atom. The van der Waals surface area contributed by atoms with Crippen molar-refractivity contribution in [2.24, 2.45) is 0 Å². The van der Waals surface area contributed by atoms with E-state index < -0.39 is 0 Å². The van der Waals surface area contributed by atoms with E-state index in [1.165, 1.54) is 23.9 Å². The van der Waals surface area contributed by atoms with Gasteiger partial charge < -0.3 is 15.1 Å². The van der Waals surface area contributed by atoms with Crippen molar-refractivity contribution in [3.05, 3.63) is 58.8 Å². The van der Waals surface area contributed by atoms with Crippen LogP contribution in [0.1, 0.15) is 0 Å². The van der Waals surface area contributed by atoms with Crippen molar-refractivity contribution in [1.29, 1.82) is 0 Å². The zero-order valence-electron chi connectivity index (χ0n) is 15.2. The molecule has 148 valence electrons. The van der Waals surface area contributed by atoms with Crippen LogP contribution in [0.5, 0.6) is 0 Å². The largest absolute Gasteiger partial charge is 0.368 e. The summed E-state index contributed by atoms with van der Waals surface area (Å²) in [5.41, 5.74) is 1.69. The molecule has 2 amide bonds. The zero-order valence-corrected chi connectivity index (χ0v) is 17.6. The molecule has 0 aliphatic carbocycles.